The van der Waals surface area contributed by atoms with Crippen LogP contribution in [-0.2, 0) is 11.2 Å². The number of hydrogen-bond acceptors (Lipinski definition) is 5. The van der Waals surface area contributed by atoms with E-state index in [0.29, 0.717) is 17.6 Å². The lowest BCUT2D eigenvalue weighted by molar-refractivity contribution is -0.115. The van der Waals surface area contributed by atoms with Crippen LogP contribution >= 0.6 is 0 Å². The molecule has 5 rings (SSSR count). The fourth-order valence-electron chi connectivity index (χ4n) is 4.17. The highest BCUT2D eigenvalue weighted by molar-refractivity contribution is 6.00. The molecule has 31 heavy (non-hydrogen) atoms. The Morgan fingerprint density at radius 2 is 1.81 bits per heavy atom. The lowest BCUT2D eigenvalue weighted by Crippen LogP contribution is -2.32. The predicted molar refractivity (Wildman–Crippen MR) is 119 cm³/mol. The number of amides is 2. The third-order valence-electron chi connectivity index (χ3n) is 5.77. The number of hydrogen-bond donors (Lipinski definition) is 3. The summed E-state index contributed by atoms with van der Waals surface area (Å²) < 4.78 is 0. The third-order valence-corrected chi connectivity index (χ3v) is 5.77. The van der Waals surface area contributed by atoms with Gasteiger partial charge in [0.15, 0.2) is 0 Å². The molecular formula is C24H23N5O2. The Labute approximate surface area is 180 Å². The van der Waals surface area contributed by atoms with Gasteiger partial charge in [0.2, 0.25) is 11.9 Å². The molecule has 0 unspecified atom stereocenters. The maximum Gasteiger partial charge on any atom is 0.251 e. The number of fused-ring (bicyclic) bond motifs is 3. The van der Waals surface area contributed by atoms with Gasteiger partial charge in [0, 0.05) is 34.6 Å². The van der Waals surface area contributed by atoms with Crippen molar-refractivity contribution in [2.45, 2.75) is 38.1 Å². The molecule has 7 heteroatoms. The van der Waals surface area contributed by atoms with E-state index >= 15 is 0 Å². The third kappa shape index (κ3) is 4.12. The molecule has 7 nitrogen and oxygen atoms in total. The maximum atomic E-state index is 12.4. The van der Waals surface area contributed by atoms with E-state index in [2.05, 4.69) is 25.9 Å². The molecule has 3 aromatic rings. The lowest BCUT2D eigenvalue weighted by atomic mass is 10.1. The van der Waals surface area contributed by atoms with Gasteiger partial charge in [0.05, 0.1) is 17.8 Å². The minimum absolute atomic E-state index is 0.0338. The Bertz CT molecular complexity index is 1140. The first-order chi connectivity index (χ1) is 15.2. The zero-order valence-corrected chi connectivity index (χ0v) is 17.0. The van der Waals surface area contributed by atoms with Crippen LogP contribution in [0.4, 0.5) is 17.3 Å². The van der Waals surface area contributed by atoms with Gasteiger partial charge in [-0.1, -0.05) is 31.0 Å². The smallest absolute Gasteiger partial charge is 0.251 e. The molecule has 2 amide bonds. The van der Waals surface area contributed by atoms with Crippen LogP contribution in [0.25, 0.3) is 11.3 Å². The van der Waals surface area contributed by atoms with E-state index < -0.39 is 0 Å². The highest BCUT2D eigenvalue weighted by Crippen LogP contribution is 2.32. The second kappa shape index (κ2) is 8.18. The number of rotatable bonds is 4. The first kappa shape index (κ1) is 19.2. The Kier molecular flexibility index (Phi) is 5.08. The Balaban J connectivity index is 1.35. The minimum atomic E-state index is -0.0815. The summed E-state index contributed by atoms with van der Waals surface area (Å²) in [6.45, 7) is 0. The average molecular weight is 413 g/mol. The largest absolute Gasteiger partial charge is 0.349 e. The van der Waals surface area contributed by atoms with E-state index in [1.165, 1.54) is 12.8 Å². The number of carbonyl (C=O) groups is 2. The van der Waals surface area contributed by atoms with E-state index in [0.717, 1.165) is 41.0 Å². The van der Waals surface area contributed by atoms with Crippen molar-refractivity contribution in [3.05, 3.63) is 65.9 Å². The van der Waals surface area contributed by atoms with Gasteiger partial charge in [-0.2, -0.15) is 0 Å². The van der Waals surface area contributed by atoms with Crippen molar-refractivity contribution in [1.82, 2.24) is 15.3 Å². The molecule has 2 heterocycles. The molecule has 1 fully saturated rings. The van der Waals surface area contributed by atoms with Gasteiger partial charge in [-0.3, -0.25) is 9.59 Å². The topological polar surface area (TPSA) is 96.0 Å². The summed E-state index contributed by atoms with van der Waals surface area (Å²) in [6.07, 6.45) is 6.41. The molecule has 1 saturated carbocycles. The van der Waals surface area contributed by atoms with Crippen molar-refractivity contribution in [2.24, 2.45) is 0 Å². The number of anilines is 3. The van der Waals surface area contributed by atoms with Crippen LogP contribution in [-0.4, -0.2) is 27.8 Å². The minimum Gasteiger partial charge on any atom is -0.349 e. The van der Waals surface area contributed by atoms with Crippen LogP contribution in [0.3, 0.4) is 0 Å². The molecular weight excluding hydrogens is 390 g/mol. The highest BCUT2D eigenvalue weighted by atomic mass is 16.2. The highest BCUT2D eigenvalue weighted by Gasteiger charge is 2.21. The molecule has 1 aliphatic carbocycles. The molecule has 2 aromatic carbocycles. The van der Waals surface area contributed by atoms with Crippen molar-refractivity contribution in [1.29, 1.82) is 0 Å². The molecule has 0 radical (unpaired) electrons. The monoisotopic (exact) mass is 413 g/mol. The van der Waals surface area contributed by atoms with Crippen LogP contribution in [0.15, 0.2) is 54.7 Å². The van der Waals surface area contributed by atoms with Crippen LogP contribution in [0, 0.1) is 0 Å². The fraction of sp³-hybridized carbons (Fsp3) is 0.250. The summed E-state index contributed by atoms with van der Waals surface area (Å²) in [6, 6.07) is 15.2. The second-order valence-corrected chi connectivity index (χ2v) is 8.00. The van der Waals surface area contributed by atoms with Gasteiger partial charge in [-0.05, 0) is 43.2 Å². The Morgan fingerprint density at radius 3 is 2.61 bits per heavy atom. The average Bonchev–Trinajstić information content (AvgIpc) is 3.24. The van der Waals surface area contributed by atoms with E-state index in [-0.39, 0.29) is 18.2 Å². The zero-order chi connectivity index (χ0) is 21.2. The van der Waals surface area contributed by atoms with Crippen molar-refractivity contribution in [2.75, 3.05) is 10.6 Å². The van der Waals surface area contributed by atoms with Gasteiger partial charge in [-0.15, -0.1) is 0 Å². The molecule has 0 atom stereocenters. The number of carbonyl (C=O) groups excluding carboxylic acids is 2. The fourth-order valence-corrected chi connectivity index (χ4v) is 4.17. The number of para-hydroxylation sites is 1. The molecule has 1 aromatic heterocycles. The summed E-state index contributed by atoms with van der Waals surface area (Å²) in [7, 11) is 0. The maximum absolute atomic E-state index is 12.4. The quantitative estimate of drug-likeness (QED) is 0.600. The summed E-state index contributed by atoms with van der Waals surface area (Å²) in [4.78, 5) is 33.6. The van der Waals surface area contributed by atoms with Crippen LogP contribution < -0.4 is 16.0 Å². The van der Waals surface area contributed by atoms with Gasteiger partial charge < -0.3 is 16.0 Å². The molecule has 3 N–H and O–H groups in total. The lowest BCUT2D eigenvalue weighted by Gasteiger charge is -2.13. The Morgan fingerprint density at radius 1 is 1.03 bits per heavy atom. The molecule has 156 valence electrons. The molecule has 1 aliphatic heterocycles. The van der Waals surface area contributed by atoms with Crippen molar-refractivity contribution >= 4 is 29.1 Å². The molecule has 2 aliphatic rings. The first-order valence-electron chi connectivity index (χ1n) is 10.6. The van der Waals surface area contributed by atoms with Crippen LogP contribution in [0.5, 0.6) is 0 Å². The summed E-state index contributed by atoms with van der Waals surface area (Å²) in [5.74, 6) is 0.321. The number of benzene rings is 2. The van der Waals surface area contributed by atoms with Crippen LogP contribution in [0.2, 0.25) is 0 Å². The van der Waals surface area contributed by atoms with Crippen molar-refractivity contribution in [3.8, 4) is 11.3 Å². The van der Waals surface area contributed by atoms with E-state index in [4.69, 9.17) is 0 Å². The second-order valence-electron chi connectivity index (χ2n) is 8.00. The molecule has 0 bridgehead atoms. The summed E-state index contributed by atoms with van der Waals surface area (Å²) in [5.41, 5.74) is 4.56. The van der Waals surface area contributed by atoms with E-state index in [1.54, 1.807) is 18.3 Å². The normalized spacial score (nSPS) is 15.4. The summed E-state index contributed by atoms with van der Waals surface area (Å²) in [5, 5.41) is 9.21. The van der Waals surface area contributed by atoms with Crippen molar-refractivity contribution in [3.63, 3.8) is 0 Å². The number of nitrogens with zero attached hydrogens (tertiary/aromatic N) is 2. The number of nitrogens with one attached hydrogen (secondary N) is 3. The van der Waals surface area contributed by atoms with Crippen molar-refractivity contribution < 1.29 is 9.59 Å². The Hall–Kier alpha value is -3.74. The van der Waals surface area contributed by atoms with Crippen LogP contribution in [0.1, 0.15) is 41.6 Å². The molecule has 0 saturated heterocycles. The van der Waals surface area contributed by atoms with Gasteiger partial charge in [-0.25, -0.2) is 9.97 Å². The SMILES string of the molecule is O=C1Cc2cnc(Nc3ccc(C(=O)NC4CCCC4)cc3)nc2-c2ccccc2N1. The predicted octanol–water partition coefficient (Wildman–Crippen LogP) is 4.05. The van der Waals surface area contributed by atoms with Gasteiger partial charge in [0.25, 0.3) is 5.91 Å². The van der Waals surface area contributed by atoms with E-state index in [9.17, 15) is 9.59 Å². The molecule has 0 spiro atoms. The van der Waals surface area contributed by atoms with Gasteiger partial charge in [0.1, 0.15) is 0 Å². The zero-order valence-electron chi connectivity index (χ0n) is 17.0. The van der Waals surface area contributed by atoms with E-state index in [1.807, 2.05) is 36.4 Å². The number of aromatic nitrogens is 2. The van der Waals surface area contributed by atoms with Gasteiger partial charge >= 0.3 is 0 Å². The summed E-state index contributed by atoms with van der Waals surface area (Å²) >= 11 is 0. The first-order valence-corrected chi connectivity index (χ1v) is 10.6. The standard InChI is InChI=1S/C24H23N5O2/c30-21-13-16-14-25-24(29-22(16)19-7-3-4-8-20(19)28-21)27-18-11-9-15(10-12-18)23(31)26-17-5-1-2-6-17/h3-4,7-12,14,17H,1-2,5-6,13H2,(H,26,31)(H,28,30)(H,25,27,29).